The largest absolute Gasteiger partial charge is 0.497 e. The summed E-state index contributed by atoms with van der Waals surface area (Å²) in [5, 5.41) is 15.9. The van der Waals surface area contributed by atoms with E-state index in [1.165, 1.54) is 43.4 Å². The van der Waals surface area contributed by atoms with E-state index in [0.29, 0.717) is 25.6 Å². The smallest absolute Gasteiger partial charge is 0.126 e. The molecule has 2 N–H and O–H groups in total. The Morgan fingerprint density at radius 2 is 1.89 bits per heavy atom. The minimum atomic E-state index is -0.945. The molecule has 1 aliphatic carbocycles. The summed E-state index contributed by atoms with van der Waals surface area (Å²) in [6.45, 7) is 8.33. The summed E-state index contributed by atoms with van der Waals surface area (Å²) in [5.41, 5.74) is 1.64. The third-order valence-corrected chi connectivity index (χ3v) is 7.79. The summed E-state index contributed by atoms with van der Waals surface area (Å²) in [5.74, 6) is 0.792. The number of aliphatic imine (C=N–C) groups is 2. The molecule has 7 heteroatoms. The van der Waals surface area contributed by atoms with E-state index < -0.39 is 5.60 Å². The zero-order valence-electron chi connectivity index (χ0n) is 21.4. The molecule has 190 valence electrons. The van der Waals surface area contributed by atoms with Crippen molar-refractivity contribution in [3.63, 3.8) is 0 Å². The second-order valence-electron chi connectivity index (χ2n) is 9.20. The fraction of sp³-hybridized carbons (Fsp3) is 0.536. The Kier molecular flexibility index (Phi) is 10.6. The first-order valence-corrected chi connectivity index (χ1v) is 13.6. The van der Waals surface area contributed by atoms with Crippen LogP contribution in [0.4, 0.5) is 0 Å². The molecule has 35 heavy (non-hydrogen) atoms. The molecule has 0 saturated heterocycles. The van der Waals surface area contributed by atoms with E-state index in [-0.39, 0.29) is 0 Å². The average Bonchev–Trinajstić information content (AvgIpc) is 3.33. The van der Waals surface area contributed by atoms with Crippen molar-refractivity contribution < 1.29 is 9.84 Å². The third-order valence-electron chi connectivity index (χ3n) is 6.52. The van der Waals surface area contributed by atoms with E-state index in [0.717, 1.165) is 45.4 Å². The number of rotatable bonds is 13. The number of hydrogen-bond donors (Lipinski definition) is 2. The first-order chi connectivity index (χ1) is 17.0. The predicted octanol–water partition coefficient (Wildman–Crippen LogP) is 6.49. The maximum absolute atomic E-state index is 11.6. The number of thiazole rings is 1. The molecule has 1 aromatic heterocycles. The van der Waals surface area contributed by atoms with Crippen LogP contribution in [-0.2, 0) is 5.60 Å². The lowest BCUT2D eigenvalue weighted by atomic mass is 9.93. The molecule has 0 radical (unpaired) electrons. The minimum absolute atomic E-state index is 0.521. The Morgan fingerprint density at radius 3 is 2.49 bits per heavy atom. The van der Waals surface area contributed by atoms with Gasteiger partial charge in [0, 0.05) is 17.8 Å². The van der Waals surface area contributed by atoms with Gasteiger partial charge >= 0.3 is 0 Å². The minimum Gasteiger partial charge on any atom is -0.497 e. The lowest BCUT2D eigenvalue weighted by Crippen LogP contribution is -2.31. The van der Waals surface area contributed by atoms with Crippen LogP contribution in [0.2, 0.25) is 0 Å². The Morgan fingerprint density at radius 1 is 1.20 bits per heavy atom. The normalized spacial score (nSPS) is 15.6. The van der Waals surface area contributed by atoms with E-state index in [1.54, 1.807) is 13.3 Å². The molecule has 1 aliphatic rings. The van der Waals surface area contributed by atoms with E-state index >= 15 is 0 Å². The number of nitrogens with one attached hydrogen (secondary N) is 1. The van der Waals surface area contributed by atoms with Crippen molar-refractivity contribution in [1.29, 1.82) is 0 Å². The molecule has 0 unspecified atom stereocenters. The van der Waals surface area contributed by atoms with Gasteiger partial charge in [-0.2, -0.15) is 0 Å². The lowest BCUT2D eigenvalue weighted by Gasteiger charge is -2.24. The molecule has 1 heterocycles. The first kappa shape index (κ1) is 27.2. The van der Waals surface area contributed by atoms with Crippen molar-refractivity contribution in [2.45, 2.75) is 83.3 Å². The SMILES string of the molecule is C=N/C=C\C(=N/CNC1CCCCC1)c1sc(C(O)(CCC)CCC)nc1-c1ccc(OC)cc1. The summed E-state index contributed by atoms with van der Waals surface area (Å²) < 4.78 is 5.35. The Labute approximate surface area is 214 Å². The van der Waals surface area contributed by atoms with Crippen molar-refractivity contribution >= 4 is 23.8 Å². The topological polar surface area (TPSA) is 79.1 Å². The molecule has 0 amide bonds. The average molecular weight is 497 g/mol. The summed E-state index contributed by atoms with van der Waals surface area (Å²) in [4.78, 5) is 14.8. The molecule has 0 bridgehead atoms. The molecule has 1 aromatic carbocycles. The van der Waals surface area contributed by atoms with Crippen LogP contribution in [0.15, 0.2) is 46.5 Å². The van der Waals surface area contributed by atoms with Gasteiger partial charge in [0.15, 0.2) is 0 Å². The predicted molar refractivity (Wildman–Crippen MR) is 148 cm³/mol. The van der Waals surface area contributed by atoms with E-state index in [4.69, 9.17) is 14.7 Å². The first-order valence-electron chi connectivity index (χ1n) is 12.8. The van der Waals surface area contributed by atoms with Crippen molar-refractivity contribution in [2.24, 2.45) is 9.98 Å². The van der Waals surface area contributed by atoms with Crippen LogP contribution in [0.5, 0.6) is 5.75 Å². The van der Waals surface area contributed by atoms with Gasteiger partial charge in [0.2, 0.25) is 0 Å². The van der Waals surface area contributed by atoms with Crippen molar-refractivity contribution in [2.75, 3.05) is 13.8 Å². The highest BCUT2D eigenvalue weighted by molar-refractivity contribution is 7.14. The lowest BCUT2D eigenvalue weighted by molar-refractivity contribution is 0.0168. The maximum atomic E-state index is 11.6. The van der Waals surface area contributed by atoms with Gasteiger partial charge in [0.25, 0.3) is 0 Å². The zero-order chi connectivity index (χ0) is 25.1. The van der Waals surface area contributed by atoms with Crippen LogP contribution in [-0.4, -0.2) is 42.3 Å². The number of hydrogen-bond acceptors (Lipinski definition) is 7. The highest BCUT2D eigenvalue weighted by Crippen LogP contribution is 2.39. The number of aliphatic hydroxyl groups is 1. The molecule has 0 spiro atoms. The Hall–Kier alpha value is -2.35. The van der Waals surface area contributed by atoms with Crippen LogP contribution in [0.3, 0.4) is 0 Å². The highest BCUT2D eigenvalue weighted by atomic mass is 32.1. The Bertz CT molecular complexity index is 985. The van der Waals surface area contributed by atoms with E-state index in [2.05, 4.69) is 30.9 Å². The van der Waals surface area contributed by atoms with Crippen molar-refractivity contribution in [3.05, 3.63) is 46.4 Å². The van der Waals surface area contributed by atoms with Gasteiger partial charge < -0.3 is 9.84 Å². The van der Waals surface area contributed by atoms with E-state index in [9.17, 15) is 5.11 Å². The van der Waals surface area contributed by atoms with Gasteiger partial charge in [-0.3, -0.25) is 15.3 Å². The number of allylic oxidation sites excluding steroid dienone is 1. The molecule has 0 atom stereocenters. The number of benzene rings is 1. The monoisotopic (exact) mass is 496 g/mol. The molecule has 1 fully saturated rings. The molecule has 6 nitrogen and oxygen atoms in total. The zero-order valence-corrected chi connectivity index (χ0v) is 22.2. The number of methoxy groups -OCH3 is 1. The second kappa shape index (κ2) is 13.7. The van der Waals surface area contributed by atoms with Crippen molar-refractivity contribution in [3.8, 4) is 17.0 Å². The molecule has 3 rings (SSSR count). The molecular formula is C28H40N4O2S. The number of nitrogens with zero attached hydrogens (tertiary/aromatic N) is 3. The van der Waals surface area contributed by atoms with Crippen LogP contribution in [0.25, 0.3) is 11.3 Å². The number of ether oxygens (including phenoxy) is 1. The molecular weight excluding hydrogens is 456 g/mol. The van der Waals surface area contributed by atoms with Crippen LogP contribution in [0, 0.1) is 0 Å². The van der Waals surface area contributed by atoms with Gasteiger partial charge in [-0.1, -0.05) is 46.0 Å². The molecule has 0 aliphatic heterocycles. The fourth-order valence-corrected chi connectivity index (χ4v) is 5.92. The molecule has 1 saturated carbocycles. The van der Waals surface area contributed by atoms with Gasteiger partial charge in [-0.05, 0) is 62.7 Å². The highest BCUT2D eigenvalue weighted by Gasteiger charge is 2.33. The standard InChI is InChI=1S/C28H40N4O2S/c1-5-17-28(33,18-6-2)27-32-25(21-12-14-23(34-4)15-13-21)26(35-27)24(16-19-29-3)31-20-30-22-10-8-7-9-11-22/h12-16,19,22,30,33H,3,5-11,17-18,20H2,1-2,4H3/b19-16-,31-24+. The quantitative estimate of drug-likeness (QED) is 0.311. The summed E-state index contributed by atoms with van der Waals surface area (Å²) in [7, 11) is 1.66. The number of aromatic nitrogens is 1. The third kappa shape index (κ3) is 7.32. The Balaban J connectivity index is 2.04. The second-order valence-corrected chi connectivity index (χ2v) is 10.2. The van der Waals surface area contributed by atoms with Crippen molar-refractivity contribution in [1.82, 2.24) is 10.3 Å². The van der Waals surface area contributed by atoms with E-state index in [1.807, 2.05) is 30.3 Å². The fourth-order valence-electron chi connectivity index (χ4n) is 4.69. The van der Waals surface area contributed by atoms with Gasteiger partial charge in [-0.15, -0.1) is 11.3 Å². The summed E-state index contributed by atoms with van der Waals surface area (Å²) >= 11 is 1.53. The summed E-state index contributed by atoms with van der Waals surface area (Å²) in [6.07, 6.45) is 13.0. The van der Waals surface area contributed by atoms with Crippen LogP contribution >= 0.6 is 11.3 Å². The summed E-state index contributed by atoms with van der Waals surface area (Å²) in [6, 6.07) is 8.41. The van der Waals surface area contributed by atoms with Crippen LogP contribution in [0.1, 0.15) is 81.5 Å². The van der Waals surface area contributed by atoms with Gasteiger partial charge in [-0.25, -0.2) is 4.98 Å². The molecule has 2 aromatic rings. The maximum Gasteiger partial charge on any atom is 0.126 e. The van der Waals surface area contributed by atoms with Gasteiger partial charge in [0.1, 0.15) is 16.4 Å². The van der Waals surface area contributed by atoms with Crippen LogP contribution < -0.4 is 10.1 Å². The van der Waals surface area contributed by atoms with Gasteiger partial charge in [0.05, 0.1) is 30.1 Å².